The van der Waals surface area contributed by atoms with Crippen LogP contribution in [0.1, 0.15) is 24.2 Å². The van der Waals surface area contributed by atoms with Gasteiger partial charge in [-0.15, -0.1) is 11.6 Å². The summed E-state index contributed by atoms with van der Waals surface area (Å²) in [6, 6.07) is 1.71. The number of rotatable bonds is 4. The number of pyridine rings is 1. The zero-order chi connectivity index (χ0) is 12.1. The molecule has 1 heterocycles. The topological polar surface area (TPSA) is 33.2 Å². The maximum atomic E-state index is 12.2. The second-order valence-corrected chi connectivity index (χ2v) is 4.42. The van der Waals surface area contributed by atoms with Crippen molar-refractivity contribution in [2.24, 2.45) is 0 Å². The van der Waals surface area contributed by atoms with Gasteiger partial charge in [0.1, 0.15) is 0 Å². The SMILES string of the molecule is CC(C)N(CCCl)C(=O)c1ccncc1Cl. The highest BCUT2D eigenvalue weighted by atomic mass is 35.5. The highest BCUT2D eigenvalue weighted by Crippen LogP contribution is 2.17. The average molecular weight is 261 g/mol. The predicted molar refractivity (Wildman–Crippen MR) is 66.1 cm³/mol. The van der Waals surface area contributed by atoms with E-state index in [0.717, 1.165) is 0 Å². The second kappa shape index (κ2) is 6.06. The molecule has 0 atom stereocenters. The average Bonchev–Trinajstić information content (AvgIpc) is 2.25. The minimum absolute atomic E-state index is 0.0930. The Bertz CT molecular complexity index is 369. The van der Waals surface area contributed by atoms with Crippen molar-refractivity contribution < 1.29 is 4.79 Å². The molecular formula is C11H14Cl2N2O. The lowest BCUT2D eigenvalue weighted by molar-refractivity contribution is 0.0718. The van der Waals surface area contributed by atoms with Crippen LogP contribution in [-0.4, -0.2) is 34.3 Å². The molecule has 16 heavy (non-hydrogen) atoms. The van der Waals surface area contributed by atoms with Gasteiger partial charge >= 0.3 is 0 Å². The van der Waals surface area contributed by atoms with Crippen LogP contribution in [0.3, 0.4) is 0 Å². The maximum absolute atomic E-state index is 12.2. The van der Waals surface area contributed by atoms with E-state index < -0.39 is 0 Å². The zero-order valence-corrected chi connectivity index (χ0v) is 10.8. The molecule has 0 aliphatic rings. The molecule has 1 aromatic rings. The summed E-state index contributed by atoms with van der Waals surface area (Å²) in [7, 11) is 0. The van der Waals surface area contributed by atoms with Gasteiger partial charge in [-0.1, -0.05) is 11.6 Å². The fourth-order valence-corrected chi connectivity index (χ4v) is 1.77. The first-order valence-electron chi connectivity index (χ1n) is 5.04. The molecule has 0 aliphatic carbocycles. The van der Waals surface area contributed by atoms with Gasteiger partial charge in [0.15, 0.2) is 0 Å². The summed E-state index contributed by atoms with van der Waals surface area (Å²) in [5.74, 6) is 0.301. The third kappa shape index (κ3) is 3.09. The van der Waals surface area contributed by atoms with Crippen LogP contribution < -0.4 is 0 Å². The summed E-state index contributed by atoms with van der Waals surface area (Å²) in [5.41, 5.74) is 0.468. The molecule has 1 rings (SSSR count). The standard InChI is InChI=1S/C11H14Cl2N2O/c1-8(2)15(6-4-12)11(16)9-3-5-14-7-10(9)13/h3,5,7-8H,4,6H2,1-2H3. The number of amides is 1. The Morgan fingerprint density at radius 1 is 1.56 bits per heavy atom. The van der Waals surface area contributed by atoms with E-state index in [1.54, 1.807) is 17.2 Å². The Morgan fingerprint density at radius 2 is 2.25 bits per heavy atom. The molecule has 0 spiro atoms. The lowest BCUT2D eigenvalue weighted by Gasteiger charge is -2.26. The monoisotopic (exact) mass is 260 g/mol. The van der Waals surface area contributed by atoms with Crippen molar-refractivity contribution in [3.8, 4) is 0 Å². The Morgan fingerprint density at radius 3 is 2.75 bits per heavy atom. The normalized spacial score (nSPS) is 10.6. The molecule has 88 valence electrons. The van der Waals surface area contributed by atoms with Crippen molar-refractivity contribution in [3.05, 3.63) is 29.0 Å². The van der Waals surface area contributed by atoms with Crippen molar-refractivity contribution in [1.29, 1.82) is 0 Å². The molecule has 1 amide bonds. The Hall–Kier alpha value is -0.800. The molecule has 0 N–H and O–H groups in total. The fourth-order valence-electron chi connectivity index (χ4n) is 1.39. The molecule has 0 bridgehead atoms. The van der Waals surface area contributed by atoms with Gasteiger partial charge in [0.05, 0.1) is 10.6 Å². The Kier molecular flexibility index (Phi) is 5.03. The molecule has 0 aromatic carbocycles. The highest BCUT2D eigenvalue weighted by Gasteiger charge is 2.20. The largest absolute Gasteiger partial charge is 0.335 e. The van der Waals surface area contributed by atoms with E-state index in [0.29, 0.717) is 23.0 Å². The van der Waals surface area contributed by atoms with E-state index in [1.807, 2.05) is 13.8 Å². The van der Waals surface area contributed by atoms with Crippen molar-refractivity contribution in [3.63, 3.8) is 0 Å². The zero-order valence-electron chi connectivity index (χ0n) is 9.28. The van der Waals surface area contributed by atoms with Crippen LogP contribution >= 0.6 is 23.2 Å². The van der Waals surface area contributed by atoms with E-state index in [9.17, 15) is 4.79 Å². The molecule has 1 aromatic heterocycles. The fraction of sp³-hybridized carbons (Fsp3) is 0.455. The van der Waals surface area contributed by atoms with Crippen LogP contribution in [0.2, 0.25) is 5.02 Å². The summed E-state index contributed by atoms with van der Waals surface area (Å²) in [6.07, 6.45) is 3.02. The van der Waals surface area contributed by atoms with Gasteiger partial charge in [0, 0.05) is 30.9 Å². The maximum Gasteiger partial charge on any atom is 0.255 e. The van der Waals surface area contributed by atoms with Crippen molar-refractivity contribution in [2.75, 3.05) is 12.4 Å². The molecule has 3 nitrogen and oxygen atoms in total. The van der Waals surface area contributed by atoms with E-state index >= 15 is 0 Å². The summed E-state index contributed by atoms with van der Waals surface area (Å²) >= 11 is 11.6. The first-order chi connectivity index (χ1) is 7.57. The predicted octanol–water partition coefficient (Wildman–Crippen LogP) is 2.82. The minimum atomic E-state index is -0.108. The molecule has 5 heteroatoms. The number of aromatic nitrogens is 1. The number of halogens is 2. The Labute approximate surface area is 105 Å². The van der Waals surface area contributed by atoms with E-state index in [4.69, 9.17) is 23.2 Å². The number of hydrogen-bond donors (Lipinski definition) is 0. The van der Waals surface area contributed by atoms with Crippen LogP contribution in [0.5, 0.6) is 0 Å². The summed E-state index contributed by atoms with van der Waals surface area (Å²) in [4.78, 5) is 17.7. The van der Waals surface area contributed by atoms with Gasteiger partial charge in [0.25, 0.3) is 5.91 Å². The number of carbonyl (C=O) groups is 1. The number of hydrogen-bond acceptors (Lipinski definition) is 2. The van der Waals surface area contributed by atoms with Crippen molar-refractivity contribution in [2.45, 2.75) is 19.9 Å². The lowest BCUT2D eigenvalue weighted by Crippen LogP contribution is -2.38. The summed E-state index contributed by atoms with van der Waals surface area (Å²) in [6.45, 7) is 4.40. The molecule has 0 radical (unpaired) electrons. The van der Waals surface area contributed by atoms with E-state index in [2.05, 4.69) is 4.98 Å². The van der Waals surface area contributed by atoms with E-state index in [-0.39, 0.29) is 11.9 Å². The van der Waals surface area contributed by atoms with Crippen LogP contribution in [0.25, 0.3) is 0 Å². The van der Waals surface area contributed by atoms with Gasteiger partial charge < -0.3 is 4.90 Å². The van der Waals surface area contributed by atoms with Crippen LogP contribution in [0.15, 0.2) is 18.5 Å². The third-order valence-corrected chi connectivity index (χ3v) is 2.68. The number of nitrogens with zero attached hydrogens (tertiary/aromatic N) is 2. The molecular weight excluding hydrogens is 247 g/mol. The third-order valence-electron chi connectivity index (χ3n) is 2.21. The van der Waals surface area contributed by atoms with Crippen LogP contribution in [-0.2, 0) is 0 Å². The van der Waals surface area contributed by atoms with Gasteiger partial charge in [-0.25, -0.2) is 0 Å². The lowest BCUT2D eigenvalue weighted by atomic mass is 10.2. The molecule has 0 aliphatic heterocycles. The van der Waals surface area contributed by atoms with E-state index in [1.165, 1.54) is 6.20 Å². The number of carbonyl (C=O) groups excluding carboxylic acids is 1. The minimum Gasteiger partial charge on any atom is -0.335 e. The first-order valence-corrected chi connectivity index (χ1v) is 5.95. The van der Waals surface area contributed by atoms with Gasteiger partial charge in [-0.05, 0) is 19.9 Å². The molecule has 0 fully saturated rings. The molecule has 0 saturated carbocycles. The summed E-state index contributed by atoms with van der Waals surface area (Å²) in [5, 5.41) is 0.368. The van der Waals surface area contributed by atoms with Crippen molar-refractivity contribution in [1.82, 2.24) is 9.88 Å². The van der Waals surface area contributed by atoms with Gasteiger partial charge in [-0.3, -0.25) is 9.78 Å². The smallest absolute Gasteiger partial charge is 0.255 e. The quantitative estimate of drug-likeness (QED) is 0.781. The van der Waals surface area contributed by atoms with Gasteiger partial charge in [0.2, 0.25) is 0 Å². The molecule has 0 saturated heterocycles. The first kappa shape index (κ1) is 13.3. The van der Waals surface area contributed by atoms with Crippen LogP contribution in [0, 0.1) is 0 Å². The molecule has 0 unspecified atom stereocenters. The Balaban J connectivity index is 2.95. The number of alkyl halides is 1. The van der Waals surface area contributed by atoms with Crippen molar-refractivity contribution >= 4 is 29.1 Å². The second-order valence-electron chi connectivity index (χ2n) is 3.64. The highest BCUT2D eigenvalue weighted by molar-refractivity contribution is 6.33. The summed E-state index contributed by atoms with van der Waals surface area (Å²) < 4.78 is 0. The van der Waals surface area contributed by atoms with Crippen LogP contribution in [0.4, 0.5) is 0 Å². The van der Waals surface area contributed by atoms with Gasteiger partial charge in [-0.2, -0.15) is 0 Å².